The van der Waals surface area contributed by atoms with Crippen molar-refractivity contribution in [3.05, 3.63) is 34.1 Å². The third kappa shape index (κ3) is 4.95. The highest BCUT2D eigenvalue weighted by molar-refractivity contribution is 7.99. The number of nitrogens with one attached hydrogen (secondary N) is 1. The number of ether oxygens (including phenoxy) is 2. The maximum atomic E-state index is 14.6. The van der Waals surface area contributed by atoms with E-state index < -0.39 is 11.4 Å². The van der Waals surface area contributed by atoms with Crippen molar-refractivity contribution in [1.82, 2.24) is 14.9 Å². The van der Waals surface area contributed by atoms with Gasteiger partial charge >= 0.3 is 0 Å². The Balaban J connectivity index is 1.45. The van der Waals surface area contributed by atoms with Crippen molar-refractivity contribution in [2.75, 3.05) is 32.9 Å². The number of nitrogens with zero attached hydrogens (tertiary/aromatic N) is 2. The topological polar surface area (TPSA) is 84.5 Å². The fourth-order valence-corrected chi connectivity index (χ4v) is 4.96. The molecule has 1 atom stereocenters. The van der Waals surface area contributed by atoms with Crippen LogP contribution in [0.2, 0.25) is 0 Å². The lowest BCUT2D eigenvalue weighted by atomic mass is 10.1. The molecule has 9 heteroatoms. The molecule has 1 unspecified atom stereocenters. The van der Waals surface area contributed by atoms with Crippen LogP contribution in [0.1, 0.15) is 32.0 Å². The monoisotopic (exact) mass is 435 g/mol. The molecule has 4 rings (SSSR count). The third-order valence-corrected chi connectivity index (χ3v) is 7.01. The summed E-state index contributed by atoms with van der Waals surface area (Å²) in [4.78, 5) is 32.8. The van der Waals surface area contributed by atoms with E-state index in [0.29, 0.717) is 41.2 Å². The van der Waals surface area contributed by atoms with Crippen LogP contribution in [0, 0.1) is 11.7 Å². The van der Waals surface area contributed by atoms with Crippen LogP contribution < -0.4 is 10.3 Å². The average molecular weight is 436 g/mol. The van der Waals surface area contributed by atoms with Gasteiger partial charge in [0, 0.05) is 56.5 Å². The molecule has 2 aliphatic rings. The minimum absolute atomic E-state index is 0.0502. The van der Waals surface area contributed by atoms with Crippen molar-refractivity contribution in [2.24, 2.45) is 5.92 Å². The van der Waals surface area contributed by atoms with Crippen LogP contribution in [0.3, 0.4) is 0 Å². The van der Waals surface area contributed by atoms with Gasteiger partial charge in [-0.15, -0.1) is 0 Å². The predicted octanol–water partition coefficient (Wildman–Crippen LogP) is 2.72. The number of aromatic amines is 1. The van der Waals surface area contributed by atoms with Crippen LogP contribution in [0.25, 0.3) is 10.9 Å². The normalized spacial score (nSPS) is 20.1. The first-order valence-corrected chi connectivity index (χ1v) is 11.3. The van der Waals surface area contributed by atoms with Crippen molar-refractivity contribution in [3.8, 4) is 5.75 Å². The van der Waals surface area contributed by atoms with E-state index >= 15 is 0 Å². The molecule has 1 N–H and O–H groups in total. The van der Waals surface area contributed by atoms with Crippen LogP contribution in [0.5, 0.6) is 5.75 Å². The number of H-pyrrole nitrogens is 1. The molecule has 1 amide bonds. The molecular weight excluding hydrogens is 409 g/mol. The molecule has 30 heavy (non-hydrogen) atoms. The molecule has 0 aliphatic carbocycles. The molecule has 2 aliphatic heterocycles. The Morgan fingerprint density at radius 2 is 2.17 bits per heavy atom. The number of hydrogen-bond acceptors (Lipinski definition) is 6. The molecular formula is C21H26FN3O4S. The van der Waals surface area contributed by atoms with Crippen LogP contribution in [-0.2, 0) is 15.3 Å². The number of likely N-dealkylation sites (tertiary alicyclic amines) is 1. The summed E-state index contributed by atoms with van der Waals surface area (Å²) in [7, 11) is 0. The van der Waals surface area contributed by atoms with Gasteiger partial charge in [-0.25, -0.2) is 9.37 Å². The van der Waals surface area contributed by atoms with Crippen molar-refractivity contribution in [3.63, 3.8) is 0 Å². The van der Waals surface area contributed by atoms with Crippen molar-refractivity contribution < 1.29 is 18.7 Å². The summed E-state index contributed by atoms with van der Waals surface area (Å²) in [6.07, 6.45) is 2.83. The number of amides is 1. The second-order valence-corrected chi connectivity index (χ2v) is 9.15. The molecule has 1 aromatic heterocycles. The van der Waals surface area contributed by atoms with Gasteiger partial charge in [-0.05, 0) is 19.3 Å². The number of carbonyl (C=O) groups excluding carboxylic acids is 1. The van der Waals surface area contributed by atoms with E-state index in [2.05, 4.69) is 9.97 Å². The molecule has 1 aromatic carbocycles. The first-order chi connectivity index (χ1) is 14.5. The molecule has 162 valence electrons. The third-order valence-electron chi connectivity index (χ3n) is 5.62. The summed E-state index contributed by atoms with van der Waals surface area (Å²) < 4.78 is 25.7. The Labute approximate surface area is 178 Å². The number of carbonyl (C=O) groups is 1. The Bertz CT molecular complexity index is 977. The van der Waals surface area contributed by atoms with Crippen LogP contribution in [-0.4, -0.2) is 58.9 Å². The second kappa shape index (κ2) is 9.34. The lowest BCUT2D eigenvalue weighted by Gasteiger charge is -2.21. The minimum Gasteiger partial charge on any atom is -0.493 e. The number of thioether (sulfide) groups is 1. The molecule has 2 aromatic rings. The quantitative estimate of drug-likeness (QED) is 0.751. The van der Waals surface area contributed by atoms with Crippen LogP contribution in [0.4, 0.5) is 4.39 Å². The van der Waals surface area contributed by atoms with Gasteiger partial charge in [0.1, 0.15) is 22.8 Å². The highest BCUT2D eigenvalue weighted by Gasteiger charge is 2.25. The lowest BCUT2D eigenvalue weighted by molar-refractivity contribution is -0.127. The fourth-order valence-electron chi connectivity index (χ4n) is 3.91. The highest BCUT2D eigenvalue weighted by atomic mass is 32.2. The molecule has 2 fully saturated rings. The van der Waals surface area contributed by atoms with Gasteiger partial charge in [-0.2, -0.15) is 11.8 Å². The van der Waals surface area contributed by atoms with E-state index in [1.165, 1.54) is 6.07 Å². The molecule has 3 heterocycles. The Morgan fingerprint density at radius 3 is 2.90 bits per heavy atom. The zero-order valence-corrected chi connectivity index (χ0v) is 17.8. The van der Waals surface area contributed by atoms with Gasteiger partial charge in [0.2, 0.25) is 5.91 Å². The zero-order chi connectivity index (χ0) is 21.1. The second-order valence-electron chi connectivity index (χ2n) is 7.87. The largest absolute Gasteiger partial charge is 0.493 e. The summed E-state index contributed by atoms with van der Waals surface area (Å²) in [5.74, 6) is 1.08. The number of aromatic nitrogens is 2. The number of halogens is 1. The molecule has 0 bridgehead atoms. The average Bonchev–Trinajstić information content (AvgIpc) is 3.20. The zero-order valence-electron chi connectivity index (χ0n) is 17.0. The van der Waals surface area contributed by atoms with Crippen molar-refractivity contribution in [1.29, 1.82) is 0 Å². The maximum Gasteiger partial charge on any atom is 0.261 e. The number of benzene rings is 1. The van der Waals surface area contributed by atoms with Gasteiger partial charge in [0.05, 0.1) is 17.9 Å². The van der Waals surface area contributed by atoms with Gasteiger partial charge in [0.15, 0.2) is 0 Å². The summed E-state index contributed by atoms with van der Waals surface area (Å²) in [5.41, 5.74) is -0.173. The van der Waals surface area contributed by atoms with Crippen molar-refractivity contribution >= 4 is 28.6 Å². The van der Waals surface area contributed by atoms with E-state index in [-0.39, 0.29) is 17.2 Å². The standard InChI is InChI=1S/C21H26FN3O4S/c1-13(26)25-5-2-14(10-25)11-29-15-8-17(22)20-18(9-15)23-19(24-21(20)27)12-30-16-3-6-28-7-4-16/h8-9,14,16H,2-7,10-12H2,1H3,(H,23,24,27). The first-order valence-electron chi connectivity index (χ1n) is 10.3. The lowest BCUT2D eigenvalue weighted by Crippen LogP contribution is -2.26. The van der Waals surface area contributed by atoms with E-state index in [4.69, 9.17) is 9.47 Å². The van der Waals surface area contributed by atoms with E-state index in [1.54, 1.807) is 29.7 Å². The molecule has 0 spiro atoms. The van der Waals surface area contributed by atoms with Gasteiger partial charge < -0.3 is 19.4 Å². The van der Waals surface area contributed by atoms with Gasteiger partial charge in [0.25, 0.3) is 5.56 Å². The molecule has 7 nitrogen and oxygen atoms in total. The van der Waals surface area contributed by atoms with Gasteiger partial charge in [-0.3, -0.25) is 9.59 Å². The molecule has 0 saturated carbocycles. The molecule has 0 radical (unpaired) electrons. The van der Waals surface area contributed by atoms with Crippen LogP contribution in [0.15, 0.2) is 16.9 Å². The maximum absolute atomic E-state index is 14.6. The Hall–Kier alpha value is -2.13. The Morgan fingerprint density at radius 1 is 1.37 bits per heavy atom. The summed E-state index contributed by atoms with van der Waals surface area (Å²) >= 11 is 1.74. The molecule has 2 saturated heterocycles. The minimum atomic E-state index is -0.642. The highest BCUT2D eigenvalue weighted by Crippen LogP contribution is 2.26. The van der Waals surface area contributed by atoms with Crippen LogP contribution >= 0.6 is 11.8 Å². The predicted molar refractivity (Wildman–Crippen MR) is 113 cm³/mol. The van der Waals surface area contributed by atoms with E-state index in [9.17, 15) is 14.0 Å². The van der Waals surface area contributed by atoms with E-state index in [0.717, 1.165) is 39.0 Å². The first kappa shape index (κ1) is 21.1. The number of rotatable bonds is 6. The smallest absolute Gasteiger partial charge is 0.261 e. The summed E-state index contributed by atoms with van der Waals surface area (Å²) in [6, 6.07) is 2.85. The SMILES string of the molecule is CC(=O)N1CCC(COc2cc(F)c3c(=O)[nH]c(CSC4CCOCC4)nc3c2)C1. The van der Waals surface area contributed by atoms with Crippen molar-refractivity contribution in [2.45, 2.75) is 37.2 Å². The van der Waals surface area contributed by atoms with E-state index in [1.807, 2.05) is 0 Å². The summed E-state index contributed by atoms with van der Waals surface area (Å²) in [5, 5.41) is 0.429. The number of hydrogen-bond donors (Lipinski definition) is 1. The number of fused-ring (bicyclic) bond motifs is 1. The van der Waals surface area contributed by atoms with Gasteiger partial charge in [-0.1, -0.05) is 0 Å². The Kier molecular flexibility index (Phi) is 6.58. The fraction of sp³-hybridized carbons (Fsp3) is 0.571. The summed E-state index contributed by atoms with van der Waals surface area (Å²) in [6.45, 7) is 4.84.